The lowest BCUT2D eigenvalue weighted by Gasteiger charge is -2.37. The van der Waals surface area contributed by atoms with Crippen LogP contribution in [0, 0.1) is 0 Å². The number of aromatic nitrogens is 1. The molecule has 0 radical (unpaired) electrons. The van der Waals surface area contributed by atoms with Crippen molar-refractivity contribution in [3.63, 3.8) is 0 Å². The van der Waals surface area contributed by atoms with E-state index >= 15 is 0 Å². The van der Waals surface area contributed by atoms with Crippen LogP contribution >= 0.6 is 11.6 Å². The molecule has 1 heterocycles. The molecule has 1 atom stereocenters. The highest BCUT2D eigenvalue weighted by molar-refractivity contribution is 6.31. The maximum atomic E-state index is 10.8. The van der Waals surface area contributed by atoms with Gasteiger partial charge in [-0.05, 0) is 31.4 Å². The van der Waals surface area contributed by atoms with Crippen LogP contribution in [0.25, 0.3) is 0 Å². The molecule has 2 rings (SSSR count). The van der Waals surface area contributed by atoms with Gasteiger partial charge in [-0.15, -0.1) is 0 Å². The van der Waals surface area contributed by atoms with E-state index in [4.69, 9.17) is 16.3 Å². The van der Waals surface area contributed by atoms with Crippen LogP contribution in [0.3, 0.4) is 0 Å². The Balaban J connectivity index is 2.14. The molecule has 4 heteroatoms. The Bertz CT molecular complexity index is 417. The molecule has 0 aromatic carbocycles. The molecular formula is C16H24ClNO2. The molecule has 3 nitrogen and oxygen atoms in total. The van der Waals surface area contributed by atoms with E-state index < -0.39 is 11.7 Å². The van der Waals surface area contributed by atoms with Gasteiger partial charge < -0.3 is 9.84 Å². The SMILES string of the molecule is CCOC1(C(O)Cc2ccncc2Cl)CCCCCC1. The van der Waals surface area contributed by atoms with E-state index in [-0.39, 0.29) is 0 Å². The van der Waals surface area contributed by atoms with E-state index in [1.54, 1.807) is 12.4 Å². The molecule has 1 saturated carbocycles. The van der Waals surface area contributed by atoms with Crippen molar-refractivity contribution in [1.29, 1.82) is 0 Å². The van der Waals surface area contributed by atoms with Gasteiger partial charge >= 0.3 is 0 Å². The molecule has 0 spiro atoms. The molecule has 0 aliphatic heterocycles. The van der Waals surface area contributed by atoms with Gasteiger partial charge in [0.05, 0.1) is 16.7 Å². The maximum absolute atomic E-state index is 10.8. The van der Waals surface area contributed by atoms with E-state index in [1.165, 1.54) is 12.8 Å². The minimum Gasteiger partial charge on any atom is -0.390 e. The highest BCUT2D eigenvalue weighted by Crippen LogP contribution is 2.35. The molecule has 0 amide bonds. The van der Waals surface area contributed by atoms with Gasteiger partial charge in [-0.25, -0.2) is 0 Å². The molecule has 0 bridgehead atoms. The van der Waals surface area contributed by atoms with Gasteiger partial charge in [0.15, 0.2) is 0 Å². The van der Waals surface area contributed by atoms with Gasteiger partial charge in [-0.3, -0.25) is 4.98 Å². The Morgan fingerprint density at radius 2 is 2.05 bits per heavy atom. The molecule has 1 aliphatic rings. The Hall–Kier alpha value is -0.640. The summed E-state index contributed by atoms with van der Waals surface area (Å²) in [4.78, 5) is 3.99. The largest absolute Gasteiger partial charge is 0.390 e. The van der Waals surface area contributed by atoms with Crippen LogP contribution < -0.4 is 0 Å². The lowest BCUT2D eigenvalue weighted by molar-refractivity contribution is -0.128. The summed E-state index contributed by atoms with van der Waals surface area (Å²) in [5.41, 5.74) is 0.537. The average molecular weight is 298 g/mol. The summed E-state index contributed by atoms with van der Waals surface area (Å²) in [6.45, 7) is 2.64. The zero-order chi connectivity index (χ0) is 14.4. The molecule has 1 fully saturated rings. The van der Waals surface area contributed by atoms with Crippen molar-refractivity contribution in [2.24, 2.45) is 0 Å². The second-order valence-electron chi connectivity index (χ2n) is 5.60. The Morgan fingerprint density at radius 1 is 1.35 bits per heavy atom. The number of pyridine rings is 1. The van der Waals surface area contributed by atoms with Gasteiger partial charge in [0.25, 0.3) is 0 Å². The third-order valence-corrected chi connectivity index (χ3v) is 4.60. The maximum Gasteiger partial charge on any atom is 0.0943 e. The predicted molar refractivity (Wildman–Crippen MR) is 81.0 cm³/mol. The van der Waals surface area contributed by atoms with Gasteiger partial charge in [-0.2, -0.15) is 0 Å². The number of aliphatic hydroxyl groups excluding tert-OH is 1. The fourth-order valence-corrected chi connectivity index (χ4v) is 3.35. The van der Waals surface area contributed by atoms with Crippen LogP contribution in [0.5, 0.6) is 0 Å². The van der Waals surface area contributed by atoms with Gasteiger partial charge in [0, 0.05) is 25.4 Å². The highest BCUT2D eigenvalue weighted by Gasteiger charge is 2.39. The molecule has 1 aromatic rings. The van der Waals surface area contributed by atoms with E-state index in [9.17, 15) is 5.11 Å². The summed E-state index contributed by atoms with van der Waals surface area (Å²) in [5.74, 6) is 0. The monoisotopic (exact) mass is 297 g/mol. The molecule has 112 valence electrons. The Kier molecular flexibility index (Phi) is 5.82. The molecule has 0 saturated heterocycles. The number of hydrogen-bond acceptors (Lipinski definition) is 3. The number of rotatable bonds is 5. The summed E-state index contributed by atoms with van der Waals surface area (Å²) in [5, 5.41) is 11.4. The van der Waals surface area contributed by atoms with Crippen LogP contribution in [-0.4, -0.2) is 28.4 Å². The van der Waals surface area contributed by atoms with E-state index in [0.717, 1.165) is 31.2 Å². The minimum absolute atomic E-state index is 0.405. The minimum atomic E-state index is -0.513. The average Bonchev–Trinajstić information content (AvgIpc) is 2.68. The highest BCUT2D eigenvalue weighted by atomic mass is 35.5. The zero-order valence-electron chi connectivity index (χ0n) is 12.1. The number of aliphatic hydroxyl groups is 1. The quantitative estimate of drug-likeness (QED) is 0.841. The standard InChI is InChI=1S/C16H24ClNO2/c1-2-20-16(8-5-3-4-6-9-16)15(19)11-13-7-10-18-12-14(13)17/h7,10,12,15,19H,2-6,8-9,11H2,1H3. The Morgan fingerprint density at radius 3 is 2.65 bits per heavy atom. The van der Waals surface area contributed by atoms with Crippen LogP contribution in [0.4, 0.5) is 0 Å². The second kappa shape index (κ2) is 7.39. The van der Waals surface area contributed by atoms with Crippen molar-refractivity contribution < 1.29 is 9.84 Å². The van der Waals surface area contributed by atoms with Crippen molar-refractivity contribution in [3.05, 3.63) is 29.0 Å². The number of hydrogen-bond donors (Lipinski definition) is 1. The van der Waals surface area contributed by atoms with Crippen LogP contribution in [0.2, 0.25) is 5.02 Å². The molecule has 1 N–H and O–H groups in total. The first-order valence-corrected chi connectivity index (χ1v) is 7.96. The van der Waals surface area contributed by atoms with E-state index in [2.05, 4.69) is 4.98 Å². The second-order valence-corrected chi connectivity index (χ2v) is 6.01. The van der Waals surface area contributed by atoms with Gasteiger partial charge in [0.1, 0.15) is 0 Å². The van der Waals surface area contributed by atoms with Crippen molar-refractivity contribution >= 4 is 11.6 Å². The van der Waals surface area contributed by atoms with Crippen molar-refractivity contribution in [3.8, 4) is 0 Å². The zero-order valence-corrected chi connectivity index (χ0v) is 12.9. The first-order valence-electron chi connectivity index (χ1n) is 7.58. The topological polar surface area (TPSA) is 42.4 Å². The van der Waals surface area contributed by atoms with Crippen molar-refractivity contribution in [2.45, 2.75) is 63.6 Å². The number of ether oxygens (including phenoxy) is 1. The van der Waals surface area contributed by atoms with E-state index in [1.807, 2.05) is 13.0 Å². The Labute approximate surface area is 126 Å². The fraction of sp³-hybridized carbons (Fsp3) is 0.688. The molecular weight excluding hydrogens is 274 g/mol. The van der Waals surface area contributed by atoms with Crippen LogP contribution in [-0.2, 0) is 11.2 Å². The molecule has 1 aromatic heterocycles. The van der Waals surface area contributed by atoms with Gasteiger partial charge in [-0.1, -0.05) is 37.3 Å². The van der Waals surface area contributed by atoms with Crippen molar-refractivity contribution in [1.82, 2.24) is 4.98 Å². The predicted octanol–water partition coefficient (Wildman–Crippen LogP) is 3.77. The first kappa shape index (κ1) is 15.7. The summed E-state index contributed by atoms with van der Waals surface area (Å²) >= 11 is 6.15. The molecule has 20 heavy (non-hydrogen) atoms. The fourth-order valence-electron chi connectivity index (χ4n) is 3.15. The summed E-state index contributed by atoms with van der Waals surface area (Å²) in [7, 11) is 0. The third kappa shape index (κ3) is 3.72. The molecule has 1 unspecified atom stereocenters. The molecule has 1 aliphatic carbocycles. The summed E-state index contributed by atoms with van der Waals surface area (Å²) in [6, 6.07) is 1.88. The van der Waals surface area contributed by atoms with Gasteiger partial charge in [0.2, 0.25) is 0 Å². The third-order valence-electron chi connectivity index (χ3n) is 4.26. The van der Waals surface area contributed by atoms with Crippen LogP contribution in [0.15, 0.2) is 18.5 Å². The number of halogens is 1. The summed E-state index contributed by atoms with van der Waals surface area (Å²) < 4.78 is 6.02. The normalized spacial score (nSPS) is 20.4. The van der Waals surface area contributed by atoms with E-state index in [0.29, 0.717) is 18.1 Å². The first-order chi connectivity index (χ1) is 9.68. The smallest absolute Gasteiger partial charge is 0.0943 e. The van der Waals surface area contributed by atoms with Crippen molar-refractivity contribution in [2.75, 3.05) is 6.61 Å². The lowest BCUT2D eigenvalue weighted by Crippen LogP contribution is -2.46. The number of nitrogens with zero attached hydrogens (tertiary/aromatic N) is 1. The summed E-state index contributed by atoms with van der Waals surface area (Å²) in [6.07, 6.45) is 9.95. The van der Waals surface area contributed by atoms with Crippen LogP contribution in [0.1, 0.15) is 51.0 Å². The lowest BCUT2D eigenvalue weighted by atomic mass is 9.85.